The summed E-state index contributed by atoms with van der Waals surface area (Å²) < 4.78 is 0. The Morgan fingerprint density at radius 3 is 1.21 bits per heavy atom. The van der Waals surface area contributed by atoms with E-state index < -0.39 is 0 Å². The third-order valence-corrected chi connectivity index (χ3v) is 7.67. The topological polar surface area (TPSA) is 0 Å². The standard InChI is InChI=1S/2C16H13.C7H9Si.2ClH.Zr/c2*1-12-10-14-8-5-9-15(16(14)11-12)13-6-3-2-4-7-13;8-6-7-4-2-1-3-5-7;;;/h2*2-11H,1H3;1-5H,6,8H2;2*1H;/q2*-1;;;;+4/p-2. The number of hydrogen-bond donors (Lipinski definition) is 0. The number of hydrogen-bond acceptors (Lipinski definition) is 0. The van der Waals surface area contributed by atoms with Crippen molar-refractivity contribution in [2.75, 3.05) is 0 Å². The van der Waals surface area contributed by atoms with Crippen molar-refractivity contribution in [3.63, 3.8) is 0 Å². The molecule has 0 amide bonds. The minimum absolute atomic E-state index is 0. The van der Waals surface area contributed by atoms with Crippen LogP contribution >= 0.6 is 0 Å². The predicted octanol–water partition coefficient (Wildman–Crippen LogP) is 3.89. The molecule has 4 heteroatoms. The van der Waals surface area contributed by atoms with Gasteiger partial charge < -0.3 is 24.8 Å². The second-order valence-electron chi connectivity index (χ2n) is 10.1. The second kappa shape index (κ2) is 18.0. The summed E-state index contributed by atoms with van der Waals surface area (Å²) in [6.45, 7) is 4.30. The van der Waals surface area contributed by atoms with E-state index in [0.717, 1.165) is 0 Å². The summed E-state index contributed by atoms with van der Waals surface area (Å²) >= 11 is 0. The van der Waals surface area contributed by atoms with E-state index in [1.165, 1.54) is 66.5 Å². The summed E-state index contributed by atoms with van der Waals surface area (Å²) in [7, 11) is 1.98. The Hall–Kier alpha value is -3.00. The van der Waals surface area contributed by atoms with Crippen LogP contribution in [0.3, 0.4) is 0 Å². The number of fused-ring (bicyclic) bond motifs is 2. The van der Waals surface area contributed by atoms with Crippen LogP contribution in [0.1, 0.15) is 16.7 Å². The first-order valence-corrected chi connectivity index (χ1v) is 14.9. The summed E-state index contributed by atoms with van der Waals surface area (Å²) in [4.78, 5) is 0. The molecule has 0 saturated heterocycles. The van der Waals surface area contributed by atoms with E-state index in [1.807, 2.05) is 16.3 Å². The normalized spacial score (nSPS) is 9.74. The van der Waals surface area contributed by atoms with Gasteiger partial charge in [0.2, 0.25) is 0 Å². The molecule has 1 radical (unpaired) electrons. The van der Waals surface area contributed by atoms with Crippen LogP contribution in [-0.2, 0) is 32.2 Å². The quantitative estimate of drug-likeness (QED) is 0.195. The van der Waals surface area contributed by atoms with E-state index in [-0.39, 0.29) is 51.0 Å². The van der Waals surface area contributed by atoms with Gasteiger partial charge in [0.05, 0.1) is 0 Å². The Morgan fingerprint density at radius 1 is 0.488 bits per heavy atom. The smallest absolute Gasteiger partial charge is 1.00 e. The molecule has 0 fully saturated rings. The van der Waals surface area contributed by atoms with Crippen LogP contribution in [0.4, 0.5) is 0 Å². The van der Waals surface area contributed by atoms with Crippen molar-refractivity contribution in [2.24, 2.45) is 0 Å². The predicted molar refractivity (Wildman–Crippen MR) is 178 cm³/mol. The average Bonchev–Trinajstić information content (AvgIpc) is 3.59. The zero-order valence-electron chi connectivity index (χ0n) is 24.6. The van der Waals surface area contributed by atoms with E-state index in [9.17, 15) is 0 Å². The number of benzene rings is 5. The minimum atomic E-state index is 0. The molecule has 0 spiro atoms. The molecule has 7 rings (SSSR count). The molecule has 0 bridgehead atoms. The van der Waals surface area contributed by atoms with E-state index in [0.29, 0.717) is 0 Å². The Labute approximate surface area is 291 Å². The van der Waals surface area contributed by atoms with E-state index >= 15 is 0 Å². The SMILES string of the molecule is Cc1cc2c(-c3ccccc3)cccc2[cH-]1.Cc1cc2c(-c3ccccc3)cccc2[cH-]1.[Cl-].[Cl-].[SiH2]Cc1ccccc1.[Zr+4]. The summed E-state index contributed by atoms with van der Waals surface area (Å²) in [6, 6.07) is 54.8. The zero-order chi connectivity index (χ0) is 27.7. The monoisotopic (exact) mass is 691 g/mol. The van der Waals surface area contributed by atoms with Gasteiger partial charge in [0.25, 0.3) is 0 Å². The average molecular weight is 694 g/mol. The number of halogens is 2. The van der Waals surface area contributed by atoms with Gasteiger partial charge >= 0.3 is 26.2 Å². The molecule has 0 heterocycles. The van der Waals surface area contributed by atoms with Crippen molar-refractivity contribution in [3.8, 4) is 22.3 Å². The molecule has 0 nitrogen and oxygen atoms in total. The fourth-order valence-electron chi connectivity index (χ4n) is 5.15. The van der Waals surface area contributed by atoms with Gasteiger partial charge in [-0.1, -0.05) is 134 Å². The Balaban J connectivity index is 0.000000229. The second-order valence-corrected chi connectivity index (χ2v) is 10.6. The van der Waals surface area contributed by atoms with Crippen LogP contribution in [-0.4, -0.2) is 10.2 Å². The first-order chi connectivity index (χ1) is 19.6. The van der Waals surface area contributed by atoms with Gasteiger partial charge in [-0.15, -0.1) is 69.1 Å². The summed E-state index contributed by atoms with van der Waals surface area (Å²) in [5, 5.41) is 5.37. The molecule has 43 heavy (non-hydrogen) atoms. The molecule has 0 aromatic heterocycles. The van der Waals surface area contributed by atoms with Crippen molar-refractivity contribution in [3.05, 3.63) is 168 Å². The maximum atomic E-state index is 2.26. The number of rotatable bonds is 3. The van der Waals surface area contributed by atoms with E-state index in [2.05, 4.69) is 159 Å². The minimum Gasteiger partial charge on any atom is -1.00 e. The molecule has 0 aliphatic rings. The summed E-state index contributed by atoms with van der Waals surface area (Å²) in [5.74, 6) is 0. The molecule has 7 aromatic rings. The summed E-state index contributed by atoms with van der Waals surface area (Å²) in [6.07, 6.45) is 0. The van der Waals surface area contributed by atoms with Crippen LogP contribution in [0.2, 0.25) is 0 Å². The molecule has 0 unspecified atom stereocenters. The van der Waals surface area contributed by atoms with Crippen molar-refractivity contribution in [2.45, 2.75) is 19.9 Å². The van der Waals surface area contributed by atoms with Gasteiger partial charge in [-0.2, -0.15) is 12.1 Å². The zero-order valence-corrected chi connectivity index (χ0v) is 30.0. The Morgan fingerprint density at radius 2 is 0.860 bits per heavy atom. The Bertz CT molecular complexity index is 1670. The maximum absolute atomic E-state index is 2.26. The molecule has 0 N–H and O–H groups in total. The third-order valence-electron chi connectivity index (χ3n) is 7.09. The van der Waals surface area contributed by atoms with Crippen LogP contribution < -0.4 is 24.8 Å². The van der Waals surface area contributed by atoms with E-state index in [1.54, 1.807) is 0 Å². The molecular formula is C39H35Cl2SiZr. The van der Waals surface area contributed by atoms with E-state index in [4.69, 9.17) is 0 Å². The van der Waals surface area contributed by atoms with Gasteiger partial charge in [-0.05, 0) is 17.2 Å². The van der Waals surface area contributed by atoms with Gasteiger partial charge in [-0.25, -0.2) is 0 Å². The molecule has 213 valence electrons. The molecule has 0 saturated carbocycles. The van der Waals surface area contributed by atoms with Gasteiger partial charge in [0.1, 0.15) is 0 Å². The first kappa shape index (κ1) is 36.2. The van der Waals surface area contributed by atoms with Crippen LogP contribution in [0, 0.1) is 13.8 Å². The van der Waals surface area contributed by atoms with Gasteiger partial charge in [-0.3, -0.25) is 0 Å². The van der Waals surface area contributed by atoms with Crippen molar-refractivity contribution >= 4 is 31.8 Å². The maximum Gasteiger partial charge on any atom is 4.00 e. The third kappa shape index (κ3) is 9.49. The molecule has 0 atom stereocenters. The molecule has 7 aromatic carbocycles. The van der Waals surface area contributed by atoms with Crippen molar-refractivity contribution in [1.29, 1.82) is 0 Å². The fraction of sp³-hybridized carbons (Fsp3) is 0.0769. The Kier molecular flexibility index (Phi) is 15.1. The number of aryl methyl sites for hydroxylation is 2. The van der Waals surface area contributed by atoms with Crippen molar-refractivity contribution < 1.29 is 51.0 Å². The first-order valence-electron chi connectivity index (χ1n) is 13.9. The summed E-state index contributed by atoms with van der Waals surface area (Å²) in [5.41, 5.74) is 9.32. The van der Waals surface area contributed by atoms with Crippen molar-refractivity contribution in [1.82, 2.24) is 0 Å². The molecular weight excluding hydrogens is 659 g/mol. The van der Waals surface area contributed by atoms with Gasteiger partial charge in [0.15, 0.2) is 0 Å². The van der Waals surface area contributed by atoms with Gasteiger partial charge in [0, 0.05) is 10.2 Å². The molecule has 0 aliphatic heterocycles. The largest absolute Gasteiger partial charge is 4.00 e. The fourth-order valence-corrected chi connectivity index (χ4v) is 5.49. The van der Waals surface area contributed by atoms with Crippen LogP contribution in [0.5, 0.6) is 0 Å². The van der Waals surface area contributed by atoms with Crippen LogP contribution in [0.15, 0.2) is 152 Å². The van der Waals surface area contributed by atoms with Crippen LogP contribution in [0.25, 0.3) is 43.8 Å². The molecule has 0 aliphatic carbocycles.